The van der Waals surface area contributed by atoms with Gasteiger partial charge in [-0.2, -0.15) is 0 Å². The van der Waals surface area contributed by atoms with Gasteiger partial charge in [0.05, 0.1) is 6.54 Å². The molecule has 0 aliphatic carbocycles. The molecule has 0 saturated carbocycles. The van der Waals surface area contributed by atoms with Gasteiger partial charge in [0.15, 0.2) is 5.96 Å². The van der Waals surface area contributed by atoms with Crippen LogP contribution in [0.5, 0.6) is 0 Å². The first-order valence-corrected chi connectivity index (χ1v) is 8.91. The highest BCUT2D eigenvalue weighted by molar-refractivity contribution is 5.79. The smallest absolute Gasteiger partial charge is 0.191 e. The van der Waals surface area contributed by atoms with Gasteiger partial charge in [0.2, 0.25) is 0 Å². The van der Waals surface area contributed by atoms with E-state index in [1.807, 2.05) is 0 Å². The van der Waals surface area contributed by atoms with Crippen molar-refractivity contribution >= 4 is 5.96 Å². The lowest BCUT2D eigenvalue weighted by molar-refractivity contribution is 0.401. The van der Waals surface area contributed by atoms with Crippen molar-refractivity contribution in [2.45, 2.75) is 52.6 Å². The van der Waals surface area contributed by atoms with E-state index in [0.717, 1.165) is 25.6 Å². The average molecular weight is 319 g/mol. The molecule has 0 bridgehead atoms. The highest BCUT2D eigenvalue weighted by Crippen LogP contribution is 2.11. The molecule has 0 amide bonds. The van der Waals surface area contributed by atoms with Gasteiger partial charge >= 0.3 is 0 Å². The van der Waals surface area contributed by atoms with E-state index in [1.165, 1.54) is 36.8 Å². The lowest BCUT2D eigenvalue weighted by Crippen LogP contribution is -2.37. The summed E-state index contributed by atoms with van der Waals surface area (Å²) in [5.74, 6) is 0.920. The number of nitrogens with zero attached hydrogens (tertiary/aromatic N) is 2. The van der Waals surface area contributed by atoms with E-state index in [9.17, 15) is 0 Å². The van der Waals surface area contributed by atoms with Crippen LogP contribution in [-0.4, -0.2) is 38.0 Å². The Morgan fingerprint density at radius 2 is 1.74 bits per heavy atom. The summed E-state index contributed by atoms with van der Waals surface area (Å²) in [6, 6.07) is 8.56. The molecule has 0 aliphatic heterocycles. The van der Waals surface area contributed by atoms with Crippen LogP contribution < -0.4 is 10.6 Å². The summed E-state index contributed by atoms with van der Waals surface area (Å²) in [6.45, 7) is 7.89. The van der Waals surface area contributed by atoms with Crippen LogP contribution in [0.1, 0.15) is 50.7 Å². The highest BCUT2D eigenvalue weighted by Gasteiger charge is 2.03. The van der Waals surface area contributed by atoms with Gasteiger partial charge in [-0.1, -0.05) is 50.5 Å². The van der Waals surface area contributed by atoms with Crippen molar-refractivity contribution in [3.05, 3.63) is 35.4 Å². The fourth-order valence-electron chi connectivity index (χ4n) is 2.47. The molecule has 0 aliphatic rings. The molecule has 0 unspecified atom stereocenters. The molecule has 4 heteroatoms. The molecular weight excluding hydrogens is 284 g/mol. The Bertz CT molecular complexity index is 454. The summed E-state index contributed by atoms with van der Waals surface area (Å²) in [4.78, 5) is 6.94. The van der Waals surface area contributed by atoms with E-state index in [1.54, 1.807) is 0 Å². The second kappa shape index (κ2) is 11.9. The number of hydrogen-bond acceptors (Lipinski definition) is 2. The summed E-state index contributed by atoms with van der Waals surface area (Å²) in [5, 5.41) is 6.77. The predicted octanol–water partition coefficient (Wildman–Crippen LogP) is 3.38. The zero-order valence-corrected chi connectivity index (χ0v) is 15.4. The van der Waals surface area contributed by atoms with Gasteiger partial charge in [0.25, 0.3) is 0 Å². The van der Waals surface area contributed by atoms with Crippen LogP contribution in [0.25, 0.3) is 0 Å². The summed E-state index contributed by atoms with van der Waals surface area (Å²) in [5.41, 5.74) is 2.64. The molecule has 0 radical (unpaired) electrons. The first kappa shape index (κ1) is 19.5. The molecule has 1 rings (SSSR count). The number of aliphatic imine (C=N–C) groups is 1. The van der Waals surface area contributed by atoms with E-state index < -0.39 is 0 Å². The zero-order chi connectivity index (χ0) is 16.9. The van der Waals surface area contributed by atoms with Crippen molar-refractivity contribution in [2.24, 2.45) is 4.99 Å². The minimum absolute atomic E-state index is 0.717. The lowest BCUT2D eigenvalue weighted by atomic mass is 10.1. The Labute approximate surface area is 142 Å². The van der Waals surface area contributed by atoms with E-state index in [2.05, 4.69) is 67.7 Å². The largest absolute Gasteiger partial charge is 0.357 e. The average Bonchev–Trinajstić information content (AvgIpc) is 2.53. The van der Waals surface area contributed by atoms with E-state index in [0.29, 0.717) is 6.54 Å². The molecule has 23 heavy (non-hydrogen) atoms. The molecule has 1 aromatic carbocycles. The predicted molar refractivity (Wildman–Crippen MR) is 101 cm³/mol. The Morgan fingerprint density at radius 3 is 2.39 bits per heavy atom. The number of nitrogens with one attached hydrogen (secondary N) is 2. The van der Waals surface area contributed by atoms with Gasteiger partial charge in [-0.3, -0.25) is 0 Å². The molecule has 1 aromatic rings. The van der Waals surface area contributed by atoms with Crippen LogP contribution in [0, 0.1) is 0 Å². The molecule has 0 atom stereocenters. The molecule has 2 N–H and O–H groups in total. The third-order valence-electron chi connectivity index (χ3n) is 3.68. The minimum Gasteiger partial charge on any atom is -0.357 e. The molecule has 0 saturated heterocycles. The van der Waals surface area contributed by atoms with Gasteiger partial charge in [-0.25, -0.2) is 4.99 Å². The minimum atomic E-state index is 0.717. The summed E-state index contributed by atoms with van der Waals surface area (Å²) >= 11 is 0. The van der Waals surface area contributed by atoms with Crippen LogP contribution in [-0.2, 0) is 13.1 Å². The van der Waals surface area contributed by atoms with Gasteiger partial charge in [-0.05, 0) is 38.6 Å². The van der Waals surface area contributed by atoms with Crippen molar-refractivity contribution in [3.8, 4) is 0 Å². The van der Waals surface area contributed by atoms with Crippen LogP contribution in [0.2, 0.25) is 0 Å². The third-order valence-corrected chi connectivity index (χ3v) is 3.68. The maximum atomic E-state index is 4.75. The first-order chi connectivity index (χ1) is 11.2. The van der Waals surface area contributed by atoms with Gasteiger partial charge in [0, 0.05) is 19.6 Å². The molecular formula is C19H34N4. The maximum Gasteiger partial charge on any atom is 0.191 e. The van der Waals surface area contributed by atoms with Crippen LogP contribution in [0.3, 0.4) is 0 Å². The van der Waals surface area contributed by atoms with E-state index in [-0.39, 0.29) is 0 Å². The number of unbranched alkanes of at least 4 members (excludes halogenated alkanes) is 3. The Balaban J connectivity index is 2.59. The Morgan fingerprint density at radius 1 is 1.00 bits per heavy atom. The highest BCUT2D eigenvalue weighted by atomic mass is 15.2. The van der Waals surface area contributed by atoms with Crippen LogP contribution >= 0.6 is 0 Å². The molecule has 0 heterocycles. The van der Waals surface area contributed by atoms with E-state index in [4.69, 9.17) is 4.99 Å². The normalized spacial score (nSPS) is 11.8. The monoisotopic (exact) mass is 318 g/mol. The zero-order valence-electron chi connectivity index (χ0n) is 15.4. The van der Waals surface area contributed by atoms with Crippen molar-refractivity contribution in [3.63, 3.8) is 0 Å². The number of rotatable bonds is 10. The summed E-state index contributed by atoms with van der Waals surface area (Å²) < 4.78 is 0. The maximum absolute atomic E-state index is 4.75. The number of guanidine groups is 1. The fourth-order valence-corrected chi connectivity index (χ4v) is 2.47. The van der Waals surface area contributed by atoms with Gasteiger partial charge < -0.3 is 15.5 Å². The second-order valence-electron chi connectivity index (χ2n) is 6.19. The quantitative estimate of drug-likeness (QED) is 0.395. The first-order valence-electron chi connectivity index (χ1n) is 8.91. The van der Waals surface area contributed by atoms with Crippen molar-refractivity contribution < 1.29 is 0 Å². The summed E-state index contributed by atoms with van der Waals surface area (Å²) in [6.07, 6.45) is 5.08. The van der Waals surface area contributed by atoms with E-state index >= 15 is 0 Å². The lowest BCUT2D eigenvalue weighted by Gasteiger charge is -2.14. The topological polar surface area (TPSA) is 39.7 Å². The molecule has 0 spiro atoms. The molecule has 0 fully saturated rings. The second-order valence-corrected chi connectivity index (χ2v) is 6.19. The molecule has 130 valence electrons. The van der Waals surface area contributed by atoms with Crippen molar-refractivity contribution in [1.82, 2.24) is 15.5 Å². The Hall–Kier alpha value is -1.55. The molecule has 0 aromatic heterocycles. The van der Waals surface area contributed by atoms with Crippen molar-refractivity contribution in [2.75, 3.05) is 27.2 Å². The Kier molecular flexibility index (Phi) is 10.1. The fraction of sp³-hybridized carbons (Fsp3) is 0.632. The number of benzene rings is 1. The SMILES string of the molecule is CCCCCCNC(=NCc1ccccc1CN(C)C)NCC. The van der Waals surface area contributed by atoms with Crippen LogP contribution in [0.15, 0.2) is 29.3 Å². The standard InChI is InChI=1S/C19H34N4/c1-5-7-8-11-14-21-19(20-6-2)22-15-17-12-9-10-13-18(17)16-23(3)4/h9-10,12-13H,5-8,11,14-16H2,1-4H3,(H2,20,21,22). The van der Waals surface area contributed by atoms with Gasteiger partial charge in [0.1, 0.15) is 0 Å². The number of hydrogen-bond donors (Lipinski definition) is 2. The van der Waals surface area contributed by atoms with Crippen molar-refractivity contribution in [1.29, 1.82) is 0 Å². The third kappa shape index (κ3) is 8.60. The van der Waals surface area contributed by atoms with Gasteiger partial charge in [-0.15, -0.1) is 0 Å². The van der Waals surface area contributed by atoms with Crippen LogP contribution in [0.4, 0.5) is 0 Å². The summed E-state index contributed by atoms with van der Waals surface area (Å²) in [7, 11) is 4.20. The molecule has 4 nitrogen and oxygen atoms in total.